The number of rotatable bonds is 9. The van der Waals surface area contributed by atoms with Crippen molar-refractivity contribution < 1.29 is 31.8 Å². The van der Waals surface area contributed by atoms with Crippen LogP contribution in [0.1, 0.15) is 63.9 Å². The number of hydrogen-bond donors (Lipinski definition) is 0. The highest BCUT2D eigenvalue weighted by atomic mass is 19.2. The number of hydrogen-bond acceptors (Lipinski definition) is 3. The summed E-state index contributed by atoms with van der Waals surface area (Å²) in [5, 5.41) is 0. The maximum atomic E-state index is 14.9. The van der Waals surface area contributed by atoms with Gasteiger partial charge in [-0.05, 0) is 68.2 Å². The molecule has 0 heterocycles. The Balaban J connectivity index is 1.32. The van der Waals surface area contributed by atoms with E-state index in [1.54, 1.807) is 13.0 Å². The first-order valence-electron chi connectivity index (χ1n) is 12.9. The summed E-state index contributed by atoms with van der Waals surface area (Å²) in [6, 6.07) is 5.80. The summed E-state index contributed by atoms with van der Waals surface area (Å²) in [5.74, 6) is -3.57. The van der Waals surface area contributed by atoms with Gasteiger partial charge >= 0.3 is 0 Å². The molecule has 196 valence electrons. The minimum absolute atomic E-state index is 0.0365. The smallest absolute Gasteiger partial charge is 0.204 e. The van der Waals surface area contributed by atoms with Gasteiger partial charge in [0.05, 0.1) is 19.8 Å². The minimum Gasteiger partial charge on any atom is -0.491 e. The molecule has 1 fully saturated rings. The standard InChI is InChI=1S/C29H34F4O3/c1-3-34-23-14-15-25(29(33)28(23)32)36-17-20-8-10-21(11-9-20)22-12-13-24(27(31)26(22)30)35-16-19-6-4-18(2)5-7-19/h8,10,12-15,18-21H,3-7,9,11,16-17H2,1-2H3. The fraction of sp³-hybridized carbons (Fsp3) is 0.517. The number of ether oxygens (including phenoxy) is 3. The van der Waals surface area contributed by atoms with E-state index in [1.165, 1.54) is 18.2 Å². The highest BCUT2D eigenvalue weighted by Crippen LogP contribution is 2.36. The molecule has 0 bridgehead atoms. The van der Waals surface area contributed by atoms with Gasteiger partial charge in [0.1, 0.15) is 0 Å². The number of benzene rings is 2. The molecule has 0 saturated heterocycles. The predicted molar refractivity (Wildman–Crippen MR) is 131 cm³/mol. The monoisotopic (exact) mass is 506 g/mol. The van der Waals surface area contributed by atoms with Crippen LogP contribution in [0.25, 0.3) is 0 Å². The van der Waals surface area contributed by atoms with Crippen LogP contribution in [-0.2, 0) is 0 Å². The van der Waals surface area contributed by atoms with Crippen LogP contribution in [0, 0.1) is 41.0 Å². The lowest BCUT2D eigenvalue weighted by atomic mass is 9.83. The second-order valence-electron chi connectivity index (χ2n) is 9.98. The van der Waals surface area contributed by atoms with Gasteiger partial charge in [-0.1, -0.05) is 38.0 Å². The summed E-state index contributed by atoms with van der Waals surface area (Å²) >= 11 is 0. The van der Waals surface area contributed by atoms with Crippen molar-refractivity contribution in [3.63, 3.8) is 0 Å². The predicted octanol–water partition coefficient (Wildman–Crippen LogP) is 7.98. The molecule has 1 saturated carbocycles. The molecule has 0 radical (unpaired) electrons. The van der Waals surface area contributed by atoms with Crippen molar-refractivity contribution >= 4 is 0 Å². The normalized spacial score (nSPS) is 23.9. The lowest BCUT2D eigenvalue weighted by Gasteiger charge is -2.26. The Bertz CT molecular complexity index is 1060. The first-order chi connectivity index (χ1) is 17.4. The lowest BCUT2D eigenvalue weighted by Crippen LogP contribution is -2.19. The molecule has 36 heavy (non-hydrogen) atoms. The van der Waals surface area contributed by atoms with E-state index in [9.17, 15) is 17.6 Å². The lowest BCUT2D eigenvalue weighted by molar-refractivity contribution is 0.181. The summed E-state index contributed by atoms with van der Waals surface area (Å²) < 4.78 is 74.1. The molecular formula is C29H34F4O3. The average Bonchev–Trinajstić information content (AvgIpc) is 2.89. The SMILES string of the molecule is CCOc1ccc(OCC2C=CC(c3ccc(OCC4CCC(C)CC4)c(F)c3F)CC2)c(F)c1F. The zero-order valence-corrected chi connectivity index (χ0v) is 20.9. The molecule has 2 unspecified atom stereocenters. The average molecular weight is 507 g/mol. The molecular weight excluding hydrogens is 472 g/mol. The van der Waals surface area contributed by atoms with E-state index < -0.39 is 23.3 Å². The van der Waals surface area contributed by atoms with Crippen molar-refractivity contribution in [3.05, 3.63) is 65.2 Å². The zero-order chi connectivity index (χ0) is 25.7. The molecule has 0 N–H and O–H groups in total. The topological polar surface area (TPSA) is 27.7 Å². The molecule has 2 aliphatic carbocycles. The van der Waals surface area contributed by atoms with Crippen LogP contribution in [0.2, 0.25) is 0 Å². The summed E-state index contributed by atoms with van der Waals surface area (Å²) in [4.78, 5) is 0. The van der Waals surface area contributed by atoms with Crippen LogP contribution in [0.5, 0.6) is 17.2 Å². The van der Waals surface area contributed by atoms with E-state index in [0.717, 1.165) is 31.6 Å². The van der Waals surface area contributed by atoms with E-state index in [0.29, 0.717) is 30.9 Å². The van der Waals surface area contributed by atoms with Crippen LogP contribution in [0.15, 0.2) is 36.4 Å². The van der Waals surface area contributed by atoms with Gasteiger partial charge in [0.15, 0.2) is 23.1 Å². The molecule has 2 atom stereocenters. The van der Waals surface area contributed by atoms with E-state index >= 15 is 0 Å². The van der Waals surface area contributed by atoms with E-state index in [2.05, 4.69) is 6.92 Å². The second kappa shape index (κ2) is 12.0. The fourth-order valence-electron chi connectivity index (χ4n) is 5.01. The largest absolute Gasteiger partial charge is 0.491 e. The van der Waals surface area contributed by atoms with Crippen molar-refractivity contribution in [1.82, 2.24) is 0 Å². The minimum atomic E-state index is -1.09. The summed E-state index contributed by atoms with van der Waals surface area (Å²) in [6.07, 6.45) is 9.33. The highest BCUT2D eigenvalue weighted by molar-refractivity contribution is 5.36. The molecule has 0 amide bonds. The van der Waals surface area contributed by atoms with E-state index in [4.69, 9.17) is 14.2 Å². The van der Waals surface area contributed by atoms with Crippen molar-refractivity contribution in [2.75, 3.05) is 19.8 Å². The molecule has 2 aliphatic rings. The van der Waals surface area contributed by atoms with Gasteiger partial charge in [0.2, 0.25) is 17.5 Å². The Morgan fingerprint density at radius 1 is 0.667 bits per heavy atom. The van der Waals surface area contributed by atoms with Gasteiger partial charge in [-0.2, -0.15) is 13.2 Å². The third-order valence-corrected chi connectivity index (χ3v) is 7.31. The van der Waals surface area contributed by atoms with Gasteiger partial charge in [-0.3, -0.25) is 0 Å². The first-order valence-corrected chi connectivity index (χ1v) is 12.9. The van der Waals surface area contributed by atoms with E-state index in [1.807, 2.05) is 12.2 Å². The van der Waals surface area contributed by atoms with Gasteiger partial charge < -0.3 is 14.2 Å². The van der Waals surface area contributed by atoms with Crippen LogP contribution < -0.4 is 14.2 Å². The van der Waals surface area contributed by atoms with Crippen molar-refractivity contribution in [2.45, 2.75) is 58.3 Å². The van der Waals surface area contributed by atoms with Gasteiger partial charge in [-0.15, -0.1) is 0 Å². The molecule has 0 aromatic heterocycles. The summed E-state index contributed by atoms with van der Waals surface area (Å²) in [7, 11) is 0. The van der Waals surface area contributed by atoms with Gasteiger partial charge in [0.25, 0.3) is 0 Å². The van der Waals surface area contributed by atoms with Crippen LogP contribution in [0.4, 0.5) is 17.6 Å². The maximum absolute atomic E-state index is 14.9. The highest BCUT2D eigenvalue weighted by Gasteiger charge is 2.25. The van der Waals surface area contributed by atoms with Crippen molar-refractivity contribution in [2.24, 2.45) is 17.8 Å². The van der Waals surface area contributed by atoms with Crippen LogP contribution in [-0.4, -0.2) is 19.8 Å². The summed E-state index contributed by atoms with van der Waals surface area (Å²) in [5.41, 5.74) is 0.293. The van der Waals surface area contributed by atoms with Gasteiger partial charge in [-0.25, -0.2) is 4.39 Å². The van der Waals surface area contributed by atoms with E-state index in [-0.39, 0.29) is 42.3 Å². The van der Waals surface area contributed by atoms with Gasteiger partial charge in [0, 0.05) is 11.8 Å². The molecule has 3 nitrogen and oxygen atoms in total. The molecule has 2 aromatic rings. The Labute approximate surface area is 210 Å². The summed E-state index contributed by atoms with van der Waals surface area (Å²) in [6.45, 7) is 4.71. The van der Waals surface area contributed by atoms with Crippen molar-refractivity contribution in [3.8, 4) is 17.2 Å². The Morgan fingerprint density at radius 3 is 1.86 bits per heavy atom. The molecule has 2 aromatic carbocycles. The molecule has 0 aliphatic heterocycles. The Hall–Kier alpha value is -2.70. The number of halogens is 4. The Morgan fingerprint density at radius 2 is 1.25 bits per heavy atom. The maximum Gasteiger partial charge on any atom is 0.204 e. The van der Waals surface area contributed by atoms with Crippen LogP contribution in [0.3, 0.4) is 0 Å². The molecule has 4 rings (SSSR count). The molecule has 7 heteroatoms. The zero-order valence-electron chi connectivity index (χ0n) is 20.9. The van der Waals surface area contributed by atoms with Crippen molar-refractivity contribution in [1.29, 1.82) is 0 Å². The third kappa shape index (κ3) is 6.16. The fourth-order valence-corrected chi connectivity index (χ4v) is 5.01. The first kappa shape index (κ1) is 26.4. The number of allylic oxidation sites excluding steroid dienone is 1. The third-order valence-electron chi connectivity index (χ3n) is 7.31. The molecule has 0 spiro atoms. The quantitative estimate of drug-likeness (QED) is 0.255. The second-order valence-corrected chi connectivity index (χ2v) is 9.98. The van der Waals surface area contributed by atoms with Crippen LogP contribution >= 0.6 is 0 Å². The Kier molecular flexibility index (Phi) is 8.81.